The Morgan fingerprint density at radius 1 is 1.08 bits per heavy atom. The summed E-state index contributed by atoms with van der Waals surface area (Å²) in [6.07, 6.45) is 3.20. The van der Waals surface area contributed by atoms with Gasteiger partial charge in [0.15, 0.2) is 0 Å². The molecule has 0 saturated carbocycles. The van der Waals surface area contributed by atoms with Gasteiger partial charge in [0.05, 0.1) is 12.2 Å². The van der Waals surface area contributed by atoms with E-state index in [1.54, 1.807) is 11.0 Å². The first-order chi connectivity index (χ1) is 11.8. The molecule has 25 heavy (non-hydrogen) atoms. The zero-order valence-corrected chi connectivity index (χ0v) is 16.0. The van der Waals surface area contributed by atoms with Crippen molar-refractivity contribution in [2.75, 3.05) is 13.6 Å². The van der Waals surface area contributed by atoms with Gasteiger partial charge in [0, 0.05) is 18.1 Å². The third-order valence-electron chi connectivity index (χ3n) is 4.51. The number of aromatic nitrogens is 3. The van der Waals surface area contributed by atoms with Crippen molar-refractivity contribution in [2.45, 2.75) is 52.7 Å². The zero-order valence-electron chi connectivity index (χ0n) is 16.0. The third kappa shape index (κ3) is 4.66. The molecule has 0 saturated heterocycles. The molecule has 0 fully saturated rings. The molecule has 1 atom stereocenters. The van der Waals surface area contributed by atoms with E-state index in [1.807, 2.05) is 24.1 Å². The number of likely N-dealkylation sites (N-methyl/N-ethyl adjacent to an activating group) is 1. The molecule has 1 unspecified atom stereocenters. The maximum atomic E-state index is 12.6. The fraction of sp³-hybridized carbons (Fsp3) is 0.526. The first-order valence-electron chi connectivity index (χ1n) is 8.77. The molecule has 136 valence electrons. The lowest BCUT2D eigenvalue weighted by Gasteiger charge is -2.34. The van der Waals surface area contributed by atoms with Crippen molar-refractivity contribution in [3.63, 3.8) is 0 Å². The first-order valence-corrected chi connectivity index (χ1v) is 8.77. The minimum absolute atomic E-state index is 0.148. The summed E-state index contributed by atoms with van der Waals surface area (Å²) in [4.78, 5) is 20.6. The Balaban J connectivity index is 2.04. The smallest absolute Gasteiger partial charge is 0.237 e. The molecule has 0 bridgehead atoms. The van der Waals surface area contributed by atoms with Gasteiger partial charge in [-0.1, -0.05) is 12.1 Å². The molecule has 0 spiro atoms. The lowest BCUT2D eigenvalue weighted by Crippen LogP contribution is -2.46. The lowest BCUT2D eigenvalue weighted by molar-refractivity contribution is -0.136. The Bertz CT molecular complexity index is 656. The molecule has 1 amide bonds. The van der Waals surface area contributed by atoms with Crippen molar-refractivity contribution in [3.8, 4) is 5.69 Å². The van der Waals surface area contributed by atoms with E-state index in [0.29, 0.717) is 6.54 Å². The van der Waals surface area contributed by atoms with Gasteiger partial charge in [-0.15, -0.1) is 0 Å². The van der Waals surface area contributed by atoms with E-state index >= 15 is 0 Å². The minimum Gasteiger partial charge on any atom is -0.337 e. The zero-order chi connectivity index (χ0) is 18.6. The molecule has 0 aliphatic heterocycles. The minimum atomic E-state index is 0.148. The van der Waals surface area contributed by atoms with Crippen LogP contribution in [-0.2, 0) is 4.79 Å². The predicted molar refractivity (Wildman–Crippen MR) is 99.5 cm³/mol. The standard InChI is InChI=1S/C19H29N5O/c1-14(2)24(15(3)4)19(25)11-22(6)16(5)17-7-9-18(10-8-17)23-13-20-12-21-23/h7-10,12-16H,11H2,1-6H3. The molecule has 2 rings (SSSR count). The van der Waals surface area contributed by atoms with E-state index in [2.05, 4.69) is 61.7 Å². The van der Waals surface area contributed by atoms with Gasteiger partial charge in [-0.3, -0.25) is 9.69 Å². The van der Waals surface area contributed by atoms with Gasteiger partial charge < -0.3 is 4.90 Å². The van der Waals surface area contributed by atoms with E-state index in [4.69, 9.17) is 0 Å². The average Bonchev–Trinajstić information content (AvgIpc) is 3.07. The Labute approximate surface area is 150 Å². The van der Waals surface area contributed by atoms with Crippen LogP contribution in [0.15, 0.2) is 36.9 Å². The van der Waals surface area contributed by atoms with Crippen molar-refractivity contribution in [1.29, 1.82) is 0 Å². The number of carbonyl (C=O) groups excluding carboxylic acids is 1. The largest absolute Gasteiger partial charge is 0.337 e. The molecule has 6 nitrogen and oxygen atoms in total. The number of nitrogens with zero attached hydrogens (tertiary/aromatic N) is 5. The SMILES string of the molecule is CC(c1ccc(-n2cncn2)cc1)N(C)CC(=O)N(C(C)C)C(C)C. The van der Waals surface area contributed by atoms with E-state index in [-0.39, 0.29) is 24.0 Å². The number of carbonyl (C=O) groups is 1. The van der Waals surface area contributed by atoms with E-state index in [0.717, 1.165) is 5.69 Å². The van der Waals surface area contributed by atoms with Gasteiger partial charge in [-0.2, -0.15) is 5.10 Å². The van der Waals surface area contributed by atoms with Gasteiger partial charge in [-0.25, -0.2) is 9.67 Å². The normalized spacial score (nSPS) is 12.8. The Hall–Kier alpha value is -2.21. The summed E-state index contributed by atoms with van der Waals surface area (Å²) in [6.45, 7) is 10.8. The lowest BCUT2D eigenvalue weighted by atomic mass is 10.1. The Morgan fingerprint density at radius 3 is 2.16 bits per heavy atom. The van der Waals surface area contributed by atoms with Crippen LogP contribution in [0, 0.1) is 0 Å². The van der Waals surface area contributed by atoms with Crippen molar-refractivity contribution < 1.29 is 4.79 Å². The molecule has 1 heterocycles. The maximum absolute atomic E-state index is 12.6. The van der Waals surface area contributed by atoms with E-state index < -0.39 is 0 Å². The summed E-state index contributed by atoms with van der Waals surface area (Å²) in [5, 5.41) is 4.13. The molecule has 1 aromatic carbocycles. The number of benzene rings is 1. The third-order valence-corrected chi connectivity index (χ3v) is 4.51. The molecule has 2 aromatic rings. The van der Waals surface area contributed by atoms with Crippen LogP contribution in [0.3, 0.4) is 0 Å². The summed E-state index contributed by atoms with van der Waals surface area (Å²) in [5.41, 5.74) is 2.14. The highest BCUT2D eigenvalue weighted by atomic mass is 16.2. The Morgan fingerprint density at radius 2 is 1.68 bits per heavy atom. The fourth-order valence-electron chi connectivity index (χ4n) is 3.11. The van der Waals surface area contributed by atoms with Crippen molar-refractivity contribution in [3.05, 3.63) is 42.5 Å². The van der Waals surface area contributed by atoms with Crippen LogP contribution in [0.4, 0.5) is 0 Å². The molecule has 6 heteroatoms. The van der Waals surface area contributed by atoms with Crippen LogP contribution < -0.4 is 0 Å². The molecule has 1 aromatic heterocycles. The number of hydrogen-bond acceptors (Lipinski definition) is 4. The van der Waals surface area contributed by atoms with Crippen LogP contribution in [0.1, 0.15) is 46.2 Å². The second-order valence-corrected chi connectivity index (χ2v) is 7.01. The monoisotopic (exact) mass is 343 g/mol. The van der Waals surface area contributed by atoms with Gasteiger partial charge in [0.25, 0.3) is 0 Å². The highest BCUT2D eigenvalue weighted by Gasteiger charge is 2.23. The molecule has 0 radical (unpaired) electrons. The summed E-state index contributed by atoms with van der Waals surface area (Å²) in [5.74, 6) is 0.165. The van der Waals surface area contributed by atoms with Crippen LogP contribution in [0.2, 0.25) is 0 Å². The van der Waals surface area contributed by atoms with Gasteiger partial charge >= 0.3 is 0 Å². The maximum Gasteiger partial charge on any atom is 0.237 e. The number of amides is 1. The quantitative estimate of drug-likeness (QED) is 0.776. The predicted octanol–water partition coefficient (Wildman–Crippen LogP) is 2.91. The van der Waals surface area contributed by atoms with Crippen molar-refractivity contribution >= 4 is 5.91 Å². The Kier molecular flexibility index (Phi) is 6.31. The van der Waals surface area contributed by atoms with Crippen molar-refractivity contribution in [2.24, 2.45) is 0 Å². The first kappa shape index (κ1) is 19.1. The van der Waals surface area contributed by atoms with Crippen LogP contribution in [-0.4, -0.2) is 56.1 Å². The molecule has 0 aliphatic rings. The van der Waals surface area contributed by atoms with Crippen molar-refractivity contribution in [1.82, 2.24) is 24.6 Å². The van der Waals surface area contributed by atoms with E-state index in [1.165, 1.54) is 11.9 Å². The molecule has 0 aliphatic carbocycles. The number of hydrogen-bond donors (Lipinski definition) is 0. The number of rotatable bonds is 7. The second-order valence-electron chi connectivity index (χ2n) is 7.01. The van der Waals surface area contributed by atoms with Gasteiger partial charge in [0.2, 0.25) is 5.91 Å². The summed E-state index contributed by atoms with van der Waals surface area (Å²) in [6, 6.07) is 8.75. The fourth-order valence-corrected chi connectivity index (χ4v) is 3.11. The average molecular weight is 343 g/mol. The van der Waals surface area contributed by atoms with Gasteiger partial charge in [0.1, 0.15) is 12.7 Å². The highest BCUT2D eigenvalue weighted by molar-refractivity contribution is 5.78. The van der Waals surface area contributed by atoms with Gasteiger partial charge in [-0.05, 0) is 59.4 Å². The van der Waals surface area contributed by atoms with E-state index in [9.17, 15) is 4.79 Å². The summed E-state index contributed by atoms with van der Waals surface area (Å²) < 4.78 is 1.73. The molecular weight excluding hydrogens is 314 g/mol. The topological polar surface area (TPSA) is 54.3 Å². The summed E-state index contributed by atoms with van der Waals surface area (Å²) >= 11 is 0. The molecular formula is C19H29N5O. The molecule has 0 N–H and O–H groups in total. The second kappa shape index (κ2) is 8.25. The van der Waals surface area contributed by atoms with Crippen LogP contribution in [0.25, 0.3) is 5.69 Å². The van der Waals surface area contributed by atoms with Crippen LogP contribution >= 0.6 is 0 Å². The van der Waals surface area contributed by atoms with Crippen LogP contribution in [0.5, 0.6) is 0 Å². The highest BCUT2D eigenvalue weighted by Crippen LogP contribution is 2.20. The summed E-state index contributed by atoms with van der Waals surface area (Å²) in [7, 11) is 1.99.